The number of pyridine rings is 2. The Morgan fingerprint density at radius 2 is 2.14 bits per heavy atom. The number of carbonyl (C=O) groups is 1. The molecule has 0 aromatic carbocycles. The van der Waals surface area contributed by atoms with E-state index in [0.717, 1.165) is 24.1 Å². The van der Waals surface area contributed by atoms with Crippen LogP contribution in [0, 0.1) is 12.8 Å². The van der Waals surface area contributed by atoms with Crippen molar-refractivity contribution in [3.63, 3.8) is 0 Å². The third-order valence-electron chi connectivity index (χ3n) is 3.60. The number of rotatable bonds is 4. The lowest BCUT2D eigenvalue weighted by Crippen LogP contribution is -2.31. The van der Waals surface area contributed by atoms with Gasteiger partial charge in [0, 0.05) is 12.4 Å². The lowest BCUT2D eigenvalue weighted by Gasteiger charge is -2.18. The van der Waals surface area contributed by atoms with Gasteiger partial charge < -0.3 is 5.32 Å². The number of carbonyl (C=O) groups excluding carboxylic acids is 1. The standard InChI is InChI=1S/C16H16ClN3O/c1-10-6-7-18-14(8-10)15(11-2-3-11)20-16(21)13-5-4-12(17)9-19-13/h4-9,11,15H,2-3H2,1H3,(H,20,21)/t15-/m1/s1. The van der Waals surface area contributed by atoms with Crippen molar-refractivity contribution in [3.8, 4) is 0 Å². The van der Waals surface area contributed by atoms with E-state index in [2.05, 4.69) is 15.3 Å². The first kappa shape index (κ1) is 14.0. The Balaban J connectivity index is 1.79. The summed E-state index contributed by atoms with van der Waals surface area (Å²) in [7, 11) is 0. The third-order valence-corrected chi connectivity index (χ3v) is 3.82. The molecule has 1 aliphatic carbocycles. The van der Waals surface area contributed by atoms with Gasteiger partial charge >= 0.3 is 0 Å². The Labute approximate surface area is 128 Å². The lowest BCUT2D eigenvalue weighted by atomic mass is 10.1. The van der Waals surface area contributed by atoms with Crippen LogP contribution in [0.3, 0.4) is 0 Å². The van der Waals surface area contributed by atoms with Crippen molar-refractivity contribution in [2.24, 2.45) is 5.92 Å². The predicted octanol–water partition coefficient (Wildman–Crippen LogP) is 3.32. The van der Waals surface area contributed by atoms with Crippen LogP contribution in [-0.2, 0) is 0 Å². The van der Waals surface area contributed by atoms with Gasteiger partial charge in [0.2, 0.25) is 0 Å². The molecule has 4 nitrogen and oxygen atoms in total. The quantitative estimate of drug-likeness (QED) is 0.942. The number of amides is 1. The van der Waals surface area contributed by atoms with E-state index >= 15 is 0 Å². The normalized spacial score (nSPS) is 15.5. The zero-order valence-corrected chi connectivity index (χ0v) is 12.5. The minimum Gasteiger partial charge on any atom is -0.342 e. The largest absolute Gasteiger partial charge is 0.342 e. The highest BCUT2D eigenvalue weighted by Gasteiger charge is 2.34. The highest BCUT2D eigenvalue weighted by atomic mass is 35.5. The maximum absolute atomic E-state index is 12.3. The average Bonchev–Trinajstić information content (AvgIpc) is 3.30. The summed E-state index contributed by atoms with van der Waals surface area (Å²) in [5, 5.41) is 3.57. The Kier molecular flexibility index (Phi) is 3.88. The number of hydrogen-bond donors (Lipinski definition) is 1. The molecule has 1 N–H and O–H groups in total. The highest BCUT2D eigenvalue weighted by Crippen LogP contribution is 2.40. The minimum atomic E-state index is -0.188. The van der Waals surface area contributed by atoms with Gasteiger partial charge in [-0.25, -0.2) is 4.98 Å². The van der Waals surface area contributed by atoms with Gasteiger partial charge in [0.1, 0.15) is 5.69 Å². The molecule has 2 aromatic rings. The predicted molar refractivity (Wildman–Crippen MR) is 81.2 cm³/mol. The van der Waals surface area contributed by atoms with Gasteiger partial charge in [-0.15, -0.1) is 0 Å². The van der Waals surface area contributed by atoms with Crippen molar-refractivity contribution in [1.82, 2.24) is 15.3 Å². The van der Waals surface area contributed by atoms with Gasteiger partial charge in [-0.2, -0.15) is 0 Å². The fraction of sp³-hybridized carbons (Fsp3) is 0.312. The summed E-state index contributed by atoms with van der Waals surface area (Å²) < 4.78 is 0. The van der Waals surface area contributed by atoms with Gasteiger partial charge in [0.05, 0.1) is 16.8 Å². The Morgan fingerprint density at radius 1 is 1.33 bits per heavy atom. The van der Waals surface area contributed by atoms with Crippen LogP contribution in [0.4, 0.5) is 0 Å². The maximum atomic E-state index is 12.3. The summed E-state index contributed by atoms with van der Waals surface area (Å²) in [4.78, 5) is 20.8. The number of nitrogens with one attached hydrogen (secondary N) is 1. The van der Waals surface area contributed by atoms with Crippen LogP contribution in [0.25, 0.3) is 0 Å². The average molecular weight is 302 g/mol. The molecule has 1 fully saturated rings. The molecule has 1 saturated carbocycles. The Bertz CT molecular complexity index is 653. The van der Waals surface area contributed by atoms with Crippen molar-refractivity contribution < 1.29 is 4.79 Å². The molecule has 3 rings (SSSR count). The monoisotopic (exact) mass is 301 g/mol. The molecule has 0 radical (unpaired) electrons. The summed E-state index contributed by atoms with van der Waals surface area (Å²) in [6.45, 7) is 2.03. The SMILES string of the molecule is Cc1ccnc([C@H](NC(=O)c2ccc(Cl)cn2)C2CC2)c1. The van der Waals surface area contributed by atoms with Crippen LogP contribution in [0.15, 0.2) is 36.7 Å². The molecule has 5 heteroatoms. The molecule has 0 aliphatic heterocycles. The summed E-state index contributed by atoms with van der Waals surface area (Å²) in [6.07, 6.45) is 5.50. The van der Waals surface area contributed by atoms with E-state index in [1.165, 1.54) is 6.20 Å². The zero-order chi connectivity index (χ0) is 14.8. The number of hydrogen-bond acceptors (Lipinski definition) is 3. The molecule has 0 spiro atoms. The first-order valence-electron chi connectivity index (χ1n) is 6.98. The van der Waals surface area contributed by atoms with Crippen LogP contribution < -0.4 is 5.32 Å². The molecular formula is C16H16ClN3O. The van der Waals surface area contributed by atoms with Gasteiger partial charge in [-0.1, -0.05) is 11.6 Å². The fourth-order valence-electron chi connectivity index (χ4n) is 2.32. The van der Waals surface area contributed by atoms with E-state index in [1.54, 1.807) is 18.3 Å². The second-order valence-corrected chi connectivity index (χ2v) is 5.84. The van der Waals surface area contributed by atoms with Gasteiger partial charge in [0.15, 0.2) is 0 Å². The molecule has 2 heterocycles. The highest BCUT2D eigenvalue weighted by molar-refractivity contribution is 6.30. The molecule has 0 bridgehead atoms. The summed E-state index contributed by atoms with van der Waals surface area (Å²) in [5.41, 5.74) is 2.43. The number of nitrogens with zero attached hydrogens (tertiary/aromatic N) is 2. The third kappa shape index (κ3) is 3.39. The maximum Gasteiger partial charge on any atom is 0.270 e. The van der Waals surface area contributed by atoms with Crippen LogP contribution in [-0.4, -0.2) is 15.9 Å². The Hall–Kier alpha value is -1.94. The van der Waals surface area contributed by atoms with Crippen LogP contribution in [0.5, 0.6) is 0 Å². The van der Waals surface area contributed by atoms with Crippen molar-refractivity contribution >= 4 is 17.5 Å². The first-order chi connectivity index (χ1) is 10.1. The van der Waals surface area contributed by atoms with E-state index in [4.69, 9.17) is 11.6 Å². The van der Waals surface area contributed by atoms with Gasteiger partial charge in [0.25, 0.3) is 5.91 Å². The fourth-order valence-corrected chi connectivity index (χ4v) is 2.43. The molecule has 0 unspecified atom stereocenters. The minimum absolute atomic E-state index is 0.0464. The van der Waals surface area contributed by atoms with Crippen molar-refractivity contribution in [2.75, 3.05) is 0 Å². The van der Waals surface area contributed by atoms with Crippen molar-refractivity contribution in [1.29, 1.82) is 0 Å². The second-order valence-electron chi connectivity index (χ2n) is 5.41. The van der Waals surface area contributed by atoms with Gasteiger partial charge in [-0.05, 0) is 55.5 Å². The van der Waals surface area contributed by atoms with Gasteiger partial charge in [-0.3, -0.25) is 9.78 Å². The molecule has 1 aliphatic rings. The molecular weight excluding hydrogens is 286 g/mol. The second kappa shape index (κ2) is 5.82. The molecule has 108 valence electrons. The molecule has 0 saturated heterocycles. The van der Waals surface area contributed by atoms with E-state index in [0.29, 0.717) is 16.6 Å². The number of aryl methyl sites for hydroxylation is 1. The molecule has 21 heavy (non-hydrogen) atoms. The first-order valence-corrected chi connectivity index (χ1v) is 7.36. The summed E-state index contributed by atoms with van der Waals surface area (Å²) >= 11 is 5.79. The van der Waals surface area contributed by atoms with Crippen LogP contribution in [0.2, 0.25) is 5.02 Å². The van der Waals surface area contributed by atoms with E-state index < -0.39 is 0 Å². The Morgan fingerprint density at radius 3 is 2.76 bits per heavy atom. The smallest absolute Gasteiger partial charge is 0.270 e. The van der Waals surface area contributed by atoms with E-state index in [-0.39, 0.29) is 11.9 Å². The summed E-state index contributed by atoms with van der Waals surface area (Å²) in [6, 6.07) is 7.23. The number of aromatic nitrogens is 2. The molecule has 1 atom stereocenters. The van der Waals surface area contributed by atoms with Crippen molar-refractivity contribution in [3.05, 3.63) is 58.6 Å². The topological polar surface area (TPSA) is 54.9 Å². The van der Waals surface area contributed by atoms with Crippen LogP contribution >= 0.6 is 11.6 Å². The molecule has 2 aromatic heterocycles. The zero-order valence-electron chi connectivity index (χ0n) is 11.7. The van der Waals surface area contributed by atoms with Crippen LogP contribution in [0.1, 0.15) is 40.6 Å². The number of halogens is 1. The van der Waals surface area contributed by atoms with E-state index in [1.807, 2.05) is 19.1 Å². The van der Waals surface area contributed by atoms with E-state index in [9.17, 15) is 4.79 Å². The lowest BCUT2D eigenvalue weighted by molar-refractivity contribution is 0.0925. The molecule has 1 amide bonds. The van der Waals surface area contributed by atoms with Crippen molar-refractivity contribution in [2.45, 2.75) is 25.8 Å². The summed E-state index contributed by atoms with van der Waals surface area (Å²) in [5.74, 6) is 0.280.